The Kier molecular flexibility index (Phi) is 5.59. The molecule has 1 aliphatic rings. The highest BCUT2D eigenvalue weighted by Crippen LogP contribution is 2.57. The van der Waals surface area contributed by atoms with Gasteiger partial charge in [0.25, 0.3) is 0 Å². The van der Waals surface area contributed by atoms with Gasteiger partial charge in [0.2, 0.25) is 0 Å². The number of fused-ring (bicyclic) bond motifs is 16. The molecule has 0 saturated carbocycles. The van der Waals surface area contributed by atoms with Crippen molar-refractivity contribution in [1.82, 2.24) is 8.97 Å². The van der Waals surface area contributed by atoms with E-state index in [1.54, 1.807) is 0 Å². The average molecular weight is 697 g/mol. The van der Waals surface area contributed by atoms with Gasteiger partial charge in [-0.15, -0.1) is 0 Å². The first kappa shape index (κ1) is 29.3. The maximum Gasteiger partial charge on any atom is 0.0713 e. The number of nitrogens with zero attached hydrogens (tertiary/aromatic N) is 2. The molecule has 0 N–H and O–H groups in total. The summed E-state index contributed by atoms with van der Waals surface area (Å²) < 4.78 is 5.09. The minimum atomic E-state index is -0.434. The van der Waals surface area contributed by atoms with Gasteiger partial charge in [0.1, 0.15) is 0 Å². The molecule has 0 aliphatic heterocycles. The van der Waals surface area contributed by atoms with Gasteiger partial charge in [-0.3, -0.25) is 0 Å². The van der Waals surface area contributed by atoms with Crippen LogP contribution in [0, 0.1) is 0 Å². The highest BCUT2D eigenvalue weighted by atomic mass is 15.0. The molecule has 3 heterocycles. The monoisotopic (exact) mass is 696 g/mol. The van der Waals surface area contributed by atoms with Crippen LogP contribution in [0.3, 0.4) is 0 Å². The number of hydrogen-bond acceptors (Lipinski definition) is 0. The largest absolute Gasteiger partial charge is 0.309 e. The molecule has 2 nitrogen and oxygen atoms in total. The van der Waals surface area contributed by atoms with Crippen molar-refractivity contribution in [3.63, 3.8) is 0 Å². The lowest BCUT2D eigenvalue weighted by molar-refractivity contribution is 0.768. The van der Waals surface area contributed by atoms with Crippen LogP contribution < -0.4 is 0 Å². The van der Waals surface area contributed by atoms with Crippen LogP contribution in [0.5, 0.6) is 0 Å². The molecule has 2 heteroatoms. The maximum atomic E-state index is 2.55. The van der Waals surface area contributed by atoms with E-state index in [1.807, 2.05) is 0 Å². The fourth-order valence-corrected chi connectivity index (χ4v) is 10.7. The van der Waals surface area contributed by atoms with Crippen molar-refractivity contribution in [3.8, 4) is 16.8 Å². The molecule has 0 unspecified atom stereocenters. The molecule has 0 radical (unpaired) electrons. The molecule has 0 fully saturated rings. The number of hydrogen-bond donors (Lipinski definition) is 0. The molecule has 0 bridgehead atoms. The Morgan fingerprint density at radius 2 is 0.855 bits per heavy atom. The highest BCUT2D eigenvalue weighted by Gasteiger charge is 2.46. The topological polar surface area (TPSA) is 9.34 Å². The van der Waals surface area contributed by atoms with Gasteiger partial charge in [-0.25, -0.2) is 0 Å². The van der Waals surface area contributed by atoms with Crippen molar-refractivity contribution in [1.29, 1.82) is 0 Å². The summed E-state index contributed by atoms with van der Waals surface area (Å²) in [6.45, 7) is 0. The van der Waals surface area contributed by atoms with Crippen molar-refractivity contribution in [2.75, 3.05) is 0 Å². The molecule has 1 aliphatic carbocycles. The summed E-state index contributed by atoms with van der Waals surface area (Å²) in [7, 11) is 0. The van der Waals surface area contributed by atoms with Gasteiger partial charge < -0.3 is 8.97 Å². The third kappa shape index (κ3) is 3.51. The van der Waals surface area contributed by atoms with Crippen LogP contribution in [-0.4, -0.2) is 8.97 Å². The van der Waals surface area contributed by atoms with Crippen LogP contribution in [0.4, 0.5) is 0 Å². The van der Waals surface area contributed by atoms with Crippen LogP contribution in [0.1, 0.15) is 22.3 Å². The molecule has 0 amide bonds. The summed E-state index contributed by atoms with van der Waals surface area (Å²) in [6.07, 6.45) is 0. The summed E-state index contributed by atoms with van der Waals surface area (Å²) in [5, 5.41) is 10.4. The predicted molar refractivity (Wildman–Crippen MR) is 230 cm³/mol. The molecule has 3 aromatic heterocycles. The zero-order valence-electron chi connectivity index (χ0n) is 29.9. The van der Waals surface area contributed by atoms with Crippen molar-refractivity contribution in [2.45, 2.75) is 5.41 Å². The van der Waals surface area contributed by atoms with E-state index in [0.29, 0.717) is 0 Å². The quantitative estimate of drug-likeness (QED) is 0.174. The molecule has 12 aromatic rings. The van der Waals surface area contributed by atoms with Gasteiger partial charge in [0.05, 0.1) is 33.0 Å². The SMILES string of the molecule is c1ccc(C2(c3ccccc3)c3ccccc3-c3cc(-n4c5ccccc5c5c6c7cccc8c9ccccc9n(c87)c6c6ccccc6c54)ccc32)cc1. The lowest BCUT2D eigenvalue weighted by Gasteiger charge is -2.33. The fraction of sp³-hybridized carbons (Fsp3) is 0.0189. The van der Waals surface area contributed by atoms with Gasteiger partial charge in [-0.2, -0.15) is 0 Å². The summed E-state index contributed by atoms with van der Waals surface area (Å²) in [5.41, 5.74) is 14.8. The summed E-state index contributed by atoms with van der Waals surface area (Å²) >= 11 is 0. The van der Waals surface area contributed by atoms with Gasteiger partial charge in [-0.1, -0.05) is 170 Å². The molecule has 13 rings (SSSR count). The van der Waals surface area contributed by atoms with E-state index in [2.05, 4.69) is 203 Å². The molecule has 254 valence electrons. The highest BCUT2D eigenvalue weighted by molar-refractivity contribution is 6.39. The Labute approximate surface area is 317 Å². The lowest BCUT2D eigenvalue weighted by atomic mass is 9.68. The molecular formula is C53H32N2. The van der Waals surface area contributed by atoms with E-state index >= 15 is 0 Å². The average Bonchev–Trinajstić information content (AvgIpc) is 3.98. The van der Waals surface area contributed by atoms with E-state index in [4.69, 9.17) is 0 Å². The van der Waals surface area contributed by atoms with Crippen molar-refractivity contribution >= 4 is 70.7 Å². The molecule has 0 saturated heterocycles. The van der Waals surface area contributed by atoms with Crippen molar-refractivity contribution in [2.24, 2.45) is 0 Å². The van der Waals surface area contributed by atoms with Gasteiger partial charge >= 0.3 is 0 Å². The second kappa shape index (κ2) is 10.5. The van der Waals surface area contributed by atoms with Crippen LogP contribution in [0.25, 0.3) is 87.5 Å². The number of benzene rings is 9. The summed E-state index contributed by atoms with van der Waals surface area (Å²) in [6, 6.07) is 72.3. The fourth-order valence-electron chi connectivity index (χ4n) is 10.7. The first-order chi connectivity index (χ1) is 27.3. The van der Waals surface area contributed by atoms with Crippen LogP contribution in [0.2, 0.25) is 0 Å². The van der Waals surface area contributed by atoms with Crippen LogP contribution in [-0.2, 0) is 5.41 Å². The Bertz CT molecular complexity index is 3490. The van der Waals surface area contributed by atoms with Gasteiger partial charge in [0, 0.05) is 48.8 Å². The van der Waals surface area contributed by atoms with Crippen LogP contribution in [0.15, 0.2) is 194 Å². The van der Waals surface area contributed by atoms with Crippen LogP contribution >= 0.6 is 0 Å². The normalized spacial score (nSPS) is 13.6. The standard InChI is InChI=1S/C53H32N2/c1-3-16-33(17-4-1)53(34-18-5-2-6-19-34)44-27-12-9-20-36(44)43-32-35(30-31-45(43)53)54-47-29-14-11-24-41(47)48-49-42-26-15-25-38-37-21-10-13-28-46(37)55(50(38)42)52(49)40-23-8-7-22-39(40)51(48)54/h1-32H. The Morgan fingerprint density at radius 3 is 1.62 bits per heavy atom. The van der Waals surface area contributed by atoms with E-state index in [1.165, 1.54) is 110 Å². The zero-order valence-corrected chi connectivity index (χ0v) is 29.9. The maximum absolute atomic E-state index is 2.55. The number of aromatic nitrogens is 2. The number of para-hydroxylation sites is 3. The predicted octanol–water partition coefficient (Wildman–Crippen LogP) is 13.5. The Balaban J connectivity index is 1.19. The first-order valence-electron chi connectivity index (χ1n) is 19.2. The van der Waals surface area contributed by atoms with Gasteiger partial charge in [0.15, 0.2) is 0 Å². The van der Waals surface area contributed by atoms with Crippen molar-refractivity contribution in [3.05, 3.63) is 216 Å². The zero-order chi connectivity index (χ0) is 35.8. The molecule has 55 heavy (non-hydrogen) atoms. The third-order valence-electron chi connectivity index (χ3n) is 12.7. The second-order valence-electron chi connectivity index (χ2n) is 15.2. The smallest absolute Gasteiger partial charge is 0.0713 e. The second-order valence-corrected chi connectivity index (χ2v) is 15.2. The Morgan fingerprint density at radius 1 is 0.327 bits per heavy atom. The van der Waals surface area contributed by atoms with E-state index in [9.17, 15) is 0 Å². The minimum absolute atomic E-state index is 0.434. The van der Waals surface area contributed by atoms with E-state index in [0.717, 1.165) is 0 Å². The lowest BCUT2D eigenvalue weighted by Crippen LogP contribution is -2.28. The molecule has 0 atom stereocenters. The Hall–Kier alpha value is -7.16. The first-order valence-corrected chi connectivity index (χ1v) is 19.2. The van der Waals surface area contributed by atoms with E-state index < -0.39 is 5.41 Å². The van der Waals surface area contributed by atoms with Crippen molar-refractivity contribution < 1.29 is 0 Å². The third-order valence-corrected chi connectivity index (χ3v) is 12.7. The van der Waals surface area contributed by atoms with Gasteiger partial charge in [-0.05, 0) is 57.6 Å². The summed E-state index contributed by atoms with van der Waals surface area (Å²) in [4.78, 5) is 0. The summed E-state index contributed by atoms with van der Waals surface area (Å²) in [5.74, 6) is 0. The molecular weight excluding hydrogens is 665 g/mol. The van der Waals surface area contributed by atoms with E-state index in [-0.39, 0.29) is 0 Å². The number of rotatable bonds is 3. The minimum Gasteiger partial charge on any atom is -0.309 e. The molecule has 0 spiro atoms. The molecule has 9 aromatic carbocycles.